The predicted molar refractivity (Wildman–Crippen MR) is 255 cm³/mol. The molecule has 58 heavy (non-hydrogen) atoms. The molecule has 1 nitrogen and oxygen atoms in total. The quantitative estimate of drug-likeness (QED) is 0.121. The highest BCUT2D eigenvalue weighted by atomic mass is 15.1. The van der Waals surface area contributed by atoms with Crippen LogP contribution in [-0.2, 0) is 0 Å². The molecule has 0 amide bonds. The fourth-order valence-electron chi connectivity index (χ4n) is 10.7. The second-order valence-electron chi connectivity index (χ2n) is 17.0. The van der Waals surface area contributed by atoms with E-state index in [4.69, 9.17) is 0 Å². The summed E-state index contributed by atoms with van der Waals surface area (Å²) >= 11 is 0. The zero-order chi connectivity index (χ0) is 40.0. The topological polar surface area (TPSA) is 3.24 Å². The minimum Gasteiger partial charge on any atom is -0.309 e. The van der Waals surface area contributed by atoms with Crippen LogP contribution in [0.5, 0.6) is 0 Å². The first-order valence-corrected chi connectivity index (χ1v) is 20.7. The molecule has 0 saturated heterocycles. The lowest BCUT2D eigenvalue weighted by molar-refractivity contribution is 1.31. The summed E-state index contributed by atoms with van der Waals surface area (Å²) in [6, 6.07) is 55.1. The summed E-state index contributed by atoms with van der Waals surface area (Å²) in [5.41, 5.74) is 18.4. The summed E-state index contributed by atoms with van der Waals surface area (Å²) in [5.74, 6) is 0. The number of hydrogen-bond acceptors (Lipinski definition) is 1. The van der Waals surface area contributed by atoms with Crippen LogP contribution in [0.25, 0.3) is 53.9 Å². The highest BCUT2D eigenvalue weighted by molar-refractivity contribution is 6.98. The Kier molecular flexibility index (Phi) is 8.46. The first-order chi connectivity index (χ1) is 28.1. The van der Waals surface area contributed by atoms with E-state index in [1.807, 2.05) is 0 Å². The van der Waals surface area contributed by atoms with Gasteiger partial charge in [0.2, 0.25) is 6.71 Å². The van der Waals surface area contributed by atoms with Gasteiger partial charge in [0.05, 0.1) is 11.4 Å². The van der Waals surface area contributed by atoms with Crippen molar-refractivity contribution in [1.82, 2.24) is 0 Å². The van der Waals surface area contributed by atoms with Crippen molar-refractivity contribution in [3.8, 4) is 0 Å². The lowest BCUT2D eigenvalue weighted by Gasteiger charge is -2.30. The number of benzene rings is 10. The van der Waals surface area contributed by atoms with Gasteiger partial charge in [0.1, 0.15) is 0 Å². The minimum absolute atomic E-state index is 0.0785. The van der Waals surface area contributed by atoms with Gasteiger partial charge in [-0.2, -0.15) is 0 Å². The van der Waals surface area contributed by atoms with E-state index in [0.717, 1.165) is 5.69 Å². The number of nitrogens with zero attached hydrogens (tertiary/aromatic N) is 1. The Morgan fingerprint density at radius 3 is 1.43 bits per heavy atom. The van der Waals surface area contributed by atoms with E-state index in [-0.39, 0.29) is 6.71 Å². The van der Waals surface area contributed by atoms with Gasteiger partial charge in [-0.25, -0.2) is 0 Å². The fourth-order valence-corrected chi connectivity index (χ4v) is 10.7. The molecule has 0 radical (unpaired) electrons. The number of aryl methyl sites for hydroxylation is 8. The van der Waals surface area contributed by atoms with Gasteiger partial charge in [-0.05, 0) is 134 Å². The van der Waals surface area contributed by atoms with Crippen LogP contribution in [0, 0.1) is 55.4 Å². The van der Waals surface area contributed by atoms with Gasteiger partial charge in [-0.1, -0.05) is 171 Å². The van der Waals surface area contributed by atoms with Crippen molar-refractivity contribution in [2.45, 2.75) is 55.4 Å². The van der Waals surface area contributed by atoms with Crippen molar-refractivity contribution in [2.75, 3.05) is 4.90 Å². The third-order valence-corrected chi connectivity index (χ3v) is 12.9. The maximum Gasteiger partial charge on any atom is 0.243 e. The van der Waals surface area contributed by atoms with Crippen LogP contribution in [0.3, 0.4) is 0 Å². The number of hydrogen-bond donors (Lipinski definition) is 0. The maximum absolute atomic E-state index is 2.52. The largest absolute Gasteiger partial charge is 0.309 e. The van der Waals surface area contributed by atoms with E-state index in [9.17, 15) is 0 Å². The zero-order valence-corrected chi connectivity index (χ0v) is 34.9. The fraction of sp³-hybridized carbons (Fsp3) is 0.143. The van der Waals surface area contributed by atoms with Crippen LogP contribution in [0.15, 0.2) is 146 Å². The first kappa shape index (κ1) is 36.0. The Balaban J connectivity index is 1.33. The zero-order valence-electron chi connectivity index (χ0n) is 34.9. The van der Waals surface area contributed by atoms with Crippen LogP contribution in [-0.4, -0.2) is 6.71 Å². The van der Waals surface area contributed by atoms with E-state index in [0.29, 0.717) is 0 Å². The van der Waals surface area contributed by atoms with Gasteiger partial charge in [0, 0.05) is 16.5 Å². The lowest BCUT2D eigenvalue weighted by atomic mass is 9.33. The Labute approximate surface area is 343 Å². The van der Waals surface area contributed by atoms with Crippen molar-refractivity contribution in [2.24, 2.45) is 0 Å². The van der Waals surface area contributed by atoms with Gasteiger partial charge in [-0.15, -0.1) is 0 Å². The van der Waals surface area contributed by atoms with Gasteiger partial charge in [0.15, 0.2) is 0 Å². The molecule has 280 valence electrons. The van der Waals surface area contributed by atoms with Crippen LogP contribution in [0.1, 0.15) is 44.5 Å². The second-order valence-corrected chi connectivity index (χ2v) is 17.0. The van der Waals surface area contributed by atoms with Crippen molar-refractivity contribution in [1.29, 1.82) is 0 Å². The molecule has 0 bridgehead atoms. The molecule has 0 spiro atoms. The summed E-state index contributed by atoms with van der Waals surface area (Å²) < 4.78 is 0. The molecule has 0 aliphatic carbocycles. The number of rotatable bonds is 6. The summed E-state index contributed by atoms with van der Waals surface area (Å²) in [6.45, 7) is 18.4. The normalized spacial score (nSPS) is 11.8. The van der Waals surface area contributed by atoms with Crippen LogP contribution in [0.2, 0.25) is 0 Å². The number of anilines is 3. The van der Waals surface area contributed by atoms with Gasteiger partial charge in [-0.3, -0.25) is 0 Å². The molecule has 10 aromatic carbocycles. The third kappa shape index (κ3) is 5.53. The second kappa shape index (κ2) is 13.6. The molecule has 0 aliphatic rings. The Morgan fingerprint density at radius 1 is 0.345 bits per heavy atom. The monoisotopic (exact) mass is 745 g/mol. The number of para-hydroxylation sites is 1. The standard InChI is InChI=1S/C56H48BN/c1-33-26-37(5)55(38(6)27-33)57(56-39(7)28-34(2)29-40(56)8)50-30-35(3)43-23-25-49-51(31-36(4)44-22-24-48(50)53(43)54(44)49)58(42-17-10-9-11-18-42)52-32-41-16-12-13-19-45(41)46-20-14-15-21-47(46)52/h9-32H,1-8H3. The predicted octanol–water partition coefficient (Wildman–Crippen LogP) is 13.3. The molecule has 0 atom stereocenters. The molecular weight excluding hydrogens is 697 g/mol. The van der Waals surface area contributed by atoms with E-state index in [1.165, 1.54) is 126 Å². The van der Waals surface area contributed by atoms with Gasteiger partial charge < -0.3 is 4.90 Å². The maximum atomic E-state index is 2.52. The van der Waals surface area contributed by atoms with Crippen LogP contribution >= 0.6 is 0 Å². The molecule has 10 rings (SSSR count). The first-order valence-electron chi connectivity index (χ1n) is 20.7. The molecule has 0 N–H and O–H groups in total. The Morgan fingerprint density at radius 2 is 0.810 bits per heavy atom. The molecule has 10 aromatic rings. The highest BCUT2D eigenvalue weighted by Crippen LogP contribution is 2.48. The third-order valence-electron chi connectivity index (χ3n) is 12.9. The minimum atomic E-state index is 0.0785. The van der Waals surface area contributed by atoms with E-state index < -0.39 is 0 Å². The summed E-state index contributed by atoms with van der Waals surface area (Å²) in [7, 11) is 0. The van der Waals surface area contributed by atoms with E-state index >= 15 is 0 Å². The Bertz CT molecular complexity index is 3160. The molecule has 0 aliphatic heterocycles. The average Bonchev–Trinajstić information content (AvgIpc) is 3.20. The van der Waals surface area contributed by atoms with Gasteiger partial charge in [0.25, 0.3) is 0 Å². The lowest BCUT2D eigenvalue weighted by Crippen LogP contribution is -2.56. The molecule has 0 saturated carbocycles. The molecule has 0 heterocycles. The van der Waals surface area contributed by atoms with Crippen molar-refractivity contribution < 1.29 is 0 Å². The summed E-state index contributed by atoms with van der Waals surface area (Å²) in [5, 5.41) is 13.0. The molecule has 0 aromatic heterocycles. The molecule has 0 fully saturated rings. The van der Waals surface area contributed by atoms with E-state index in [1.54, 1.807) is 0 Å². The Hall–Kier alpha value is -6.38. The molecule has 2 heteroatoms. The SMILES string of the molecule is Cc1cc(C)c(B(c2c(C)cc(C)cc2C)c2cc(C)c3ccc4c(N(c5ccccc5)c5cc6ccccc6c6ccccc56)cc(C)c5ccc2c3c54)c(C)c1. The molecular formula is C56H48BN. The van der Waals surface area contributed by atoms with Crippen LogP contribution < -0.4 is 21.3 Å². The highest BCUT2D eigenvalue weighted by Gasteiger charge is 2.32. The van der Waals surface area contributed by atoms with Crippen LogP contribution in [0.4, 0.5) is 17.1 Å². The summed E-state index contributed by atoms with van der Waals surface area (Å²) in [4.78, 5) is 2.52. The van der Waals surface area contributed by atoms with E-state index in [2.05, 4.69) is 206 Å². The van der Waals surface area contributed by atoms with Crippen molar-refractivity contribution in [3.05, 3.63) is 190 Å². The van der Waals surface area contributed by atoms with Crippen molar-refractivity contribution >= 4 is 94.0 Å². The average molecular weight is 746 g/mol. The molecule has 0 unspecified atom stereocenters. The smallest absolute Gasteiger partial charge is 0.243 e. The number of fused-ring (bicyclic) bond motifs is 3. The van der Waals surface area contributed by atoms with Gasteiger partial charge >= 0.3 is 0 Å². The summed E-state index contributed by atoms with van der Waals surface area (Å²) in [6.07, 6.45) is 0. The van der Waals surface area contributed by atoms with Crippen molar-refractivity contribution in [3.63, 3.8) is 0 Å².